The van der Waals surface area contributed by atoms with Crippen molar-refractivity contribution in [2.24, 2.45) is 0 Å². The van der Waals surface area contributed by atoms with E-state index in [9.17, 15) is 13.6 Å². The fraction of sp³-hybridized carbons (Fsp3) is 0.0526. The van der Waals surface area contributed by atoms with Gasteiger partial charge in [0, 0.05) is 23.1 Å². The molecule has 0 bridgehead atoms. The van der Waals surface area contributed by atoms with E-state index in [0.717, 1.165) is 11.3 Å². The van der Waals surface area contributed by atoms with Crippen molar-refractivity contribution >= 4 is 17.4 Å². The van der Waals surface area contributed by atoms with Crippen LogP contribution in [0.2, 0.25) is 0 Å². The topological polar surface area (TPSA) is 63.2 Å². The van der Waals surface area contributed by atoms with Crippen molar-refractivity contribution < 1.29 is 18.3 Å². The van der Waals surface area contributed by atoms with Crippen molar-refractivity contribution in [2.45, 2.75) is 6.61 Å². The van der Waals surface area contributed by atoms with Crippen molar-refractivity contribution in [3.05, 3.63) is 72.9 Å². The summed E-state index contributed by atoms with van der Waals surface area (Å²) in [6.45, 7) is -2.89. The molecule has 0 aliphatic heterocycles. The summed E-state index contributed by atoms with van der Waals surface area (Å²) < 4.78 is 28.5. The van der Waals surface area contributed by atoms with Gasteiger partial charge in [-0.05, 0) is 48.5 Å². The lowest BCUT2D eigenvalue weighted by atomic mass is 10.1. The van der Waals surface area contributed by atoms with E-state index in [1.807, 2.05) is 36.4 Å². The summed E-state index contributed by atoms with van der Waals surface area (Å²) in [7, 11) is 0. The SMILES string of the molecule is O=C(Nc1ccc(OC(F)F)cc1)Nc1cccc(-c2ccccn2)c1. The maximum absolute atomic E-state index is 12.1. The van der Waals surface area contributed by atoms with Crippen molar-refractivity contribution in [1.29, 1.82) is 0 Å². The summed E-state index contributed by atoms with van der Waals surface area (Å²) in [5.74, 6) is 0.0222. The number of halogens is 2. The second-order valence-electron chi connectivity index (χ2n) is 5.28. The van der Waals surface area contributed by atoms with Crippen LogP contribution in [-0.4, -0.2) is 17.6 Å². The van der Waals surface area contributed by atoms with Gasteiger partial charge in [-0.1, -0.05) is 18.2 Å². The molecule has 0 fully saturated rings. The number of nitrogens with one attached hydrogen (secondary N) is 2. The van der Waals surface area contributed by atoms with Crippen LogP contribution in [-0.2, 0) is 0 Å². The first-order valence-corrected chi connectivity index (χ1v) is 7.74. The minimum absolute atomic E-state index is 0.0222. The molecule has 0 saturated heterocycles. The first-order valence-electron chi connectivity index (χ1n) is 7.74. The molecular formula is C19H15F2N3O2. The van der Waals surface area contributed by atoms with Gasteiger partial charge in [-0.2, -0.15) is 8.78 Å². The third-order valence-corrected chi connectivity index (χ3v) is 3.42. The third kappa shape index (κ3) is 4.76. The Kier molecular flexibility index (Phi) is 5.38. The summed E-state index contributed by atoms with van der Waals surface area (Å²) in [5.41, 5.74) is 2.72. The molecule has 1 heterocycles. The van der Waals surface area contributed by atoms with Crippen LogP contribution in [0.3, 0.4) is 0 Å². The number of hydrogen-bond acceptors (Lipinski definition) is 3. The third-order valence-electron chi connectivity index (χ3n) is 3.42. The van der Waals surface area contributed by atoms with Crippen LogP contribution < -0.4 is 15.4 Å². The van der Waals surface area contributed by atoms with Crippen LogP contribution in [0.1, 0.15) is 0 Å². The quantitative estimate of drug-likeness (QED) is 0.677. The minimum atomic E-state index is -2.89. The summed E-state index contributed by atoms with van der Waals surface area (Å²) >= 11 is 0. The number of rotatable bonds is 5. The van der Waals surface area contributed by atoms with Crippen LogP contribution in [0.4, 0.5) is 25.0 Å². The van der Waals surface area contributed by atoms with Gasteiger partial charge in [0.1, 0.15) is 5.75 Å². The van der Waals surface area contributed by atoms with Gasteiger partial charge in [-0.25, -0.2) is 4.79 Å². The average Bonchev–Trinajstić information content (AvgIpc) is 2.64. The average molecular weight is 355 g/mol. The molecule has 5 nitrogen and oxygen atoms in total. The Morgan fingerprint density at radius 1 is 0.923 bits per heavy atom. The second kappa shape index (κ2) is 8.06. The van der Waals surface area contributed by atoms with Crippen LogP contribution in [0.25, 0.3) is 11.3 Å². The molecule has 7 heteroatoms. The van der Waals surface area contributed by atoms with Gasteiger partial charge in [-0.3, -0.25) is 4.98 Å². The number of hydrogen-bond donors (Lipinski definition) is 2. The molecule has 0 aliphatic carbocycles. The molecule has 132 valence electrons. The van der Waals surface area contributed by atoms with Gasteiger partial charge in [-0.15, -0.1) is 0 Å². The number of anilines is 2. The van der Waals surface area contributed by atoms with E-state index in [1.54, 1.807) is 12.3 Å². The monoisotopic (exact) mass is 355 g/mol. The van der Waals surface area contributed by atoms with E-state index in [0.29, 0.717) is 11.4 Å². The van der Waals surface area contributed by atoms with Crippen molar-refractivity contribution in [3.63, 3.8) is 0 Å². The smallest absolute Gasteiger partial charge is 0.387 e. The van der Waals surface area contributed by atoms with Gasteiger partial charge >= 0.3 is 12.6 Å². The Bertz CT molecular complexity index is 871. The van der Waals surface area contributed by atoms with Gasteiger partial charge < -0.3 is 15.4 Å². The van der Waals surface area contributed by atoms with Gasteiger partial charge in [0.2, 0.25) is 0 Å². The van der Waals surface area contributed by atoms with E-state index in [-0.39, 0.29) is 5.75 Å². The molecular weight excluding hydrogens is 340 g/mol. The summed E-state index contributed by atoms with van der Waals surface area (Å²) in [4.78, 5) is 16.4. The standard InChI is InChI=1S/C19H15F2N3O2/c20-18(21)26-16-9-7-14(8-10-16)23-19(25)24-15-5-3-4-13(12-15)17-6-1-2-11-22-17/h1-12,18H,(H2,23,24,25). The lowest BCUT2D eigenvalue weighted by molar-refractivity contribution is -0.0498. The minimum Gasteiger partial charge on any atom is -0.435 e. The Balaban J connectivity index is 1.63. The largest absolute Gasteiger partial charge is 0.435 e. The number of pyridine rings is 1. The molecule has 0 radical (unpaired) electrons. The first-order chi connectivity index (χ1) is 12.6. The van der Waals surface area contributed by atoms with E-state index < -0.39 is 12.6 Å². The second-order valence-corrected chi connectivity index (χ2v) is 5.28. The molecule has 2 N–H and O–H groups in total. The number of carbonyl (C=O) groups excluding carboxylic acids is 1. The molecule has 3 rings (SSSR count). The van der Waals surface area contributed by atoms with Gasteiger partial charge in [0.25, 0.3) is 0 Å². The van der Waals surface area contributed by atoms with Gasteiger partial charge in [0.15, 0.2) is 0 Å². The highest BCUT2D eigenvalue weighted by Gasteiger charge is 2.07. The number of ether oxygens (including phenoxy) is 1. The lowest BCUT2D eigenvalue weighted by Gasteiger charge is -2.10. The zero-order valence-corrected chi connectivity index (χ0v) is 13.5. The molecule has 2 aromatic carbocycles. The zero-order valence-electron chi connectivity index (χ0n) is 13.5. The van der Waals surface area contributed by atoms with E-state index in [4.69, 9.17) is 0 Å². The maximum atomic E-state index is 12.1. The Morgan fingerprint density at radius 2 is 1.69 bits per heavy atom. The fourth-order valence-corrected chi connectivity index (χ4v) is 2.30. The molecule has 26 heavy (non-hydrogen) atoms. The zero-order chi connectivity index (χ0) is 18.4. The number of urea groups is 1. The Hall–Kier alpha value is -3.48. The Labute approximate surface area is 148 Å². The van der Waals surface area contributed by atoms with Gasteiger partial charge in [0.05, 0.1) is 5.69 Å². The highest BCUT2D eigenvalue weighted by atomic mass is 19.3. The number of alkyl halides is 2. The number of benzene rings is 2. The highest BCUT2D eigenvalue weighted by molar-refractivity contribution is 6.00. The number of amides is 2. The van der Waals surface area contributed by atoms with Crippen LogP contribution >= 0.6 is 0 Å². The summed E-state index contributed by atoms with van der Waals surface area (Å²) in [5, 5.41) is 5.34. The van der Waals surface area contributed by atoms with Crippen LogP contribution in [0, 0.1) is 0 Å². The Morgan fingerprint density at radius 3 is 2.38 bits per heavy atom. The van der Waals surface area contributed by atoms with E-state index in [1.165, 1.54) is 24.3 Å². The molecule has 3 aromatic rings. The summed E-state index contributed by atoms with van der Waals surface area (Å²) in [6.07, 6.45) is 1.70. The fourth-order valence-electron chi connectivity index (χ4n) is 2.30. The molecule has 2 amide bonds. The molecule has 1 aromatic heterocycles. The van der Waals surface area contributed by atoms with Crippen LogP contribution in [0.15, 0.2) is 72.9 Å². The van der Waals surface area contributed by atoms with Crippen molar-refractivity contribution in [3.8, 4) is 17.0 Å². The molecule has 0 spiro atoms. The molecule has 0 aliphatic rings. The molecule has 0 saturated carbocycles. The first kappa shape index (κ1) is 17.3. The van der Waals surface area contributed by atoms with E-state index in [2.05, 4.69) is 20.4 Å². The van der Waals surface area contributed by atoms with Crippen LogP contribution in [0.5, 0.6) is 5.75 Å². The summed E-state index contributed by atoms with van der Waals surface area (Å²) in [6, 6.07) is 18.1. The highest BCUT2D eigenvalue weighted by Crippen LogP contribution is 2.21. The number of carbonyl (C=O) groups is 1. The van der Waals surface area contributed by atoms with Crippen molar-refractivity contribution in [2.75, 3.05) is 10.6 Å². The maximum Gasteiger partial charge on any atom is 0.387 e. The van der Waals surface area contributed by atoms with E-state index >= 15 is 0 Å². The molecule has 0 atom stereocenters. The normalized spacial score (nSPS) is 10.4. The predicted molar refractivity (Wildman–Crippen MR) is 95.4 cm³/mol. The number of nitrogens with zero attached hydrogens (tertiary/aromatic N) is 1. The van der Waals surface area contributed by atoms with Crippen molar-refractivity contribution in [1.82, 2.24) is 4.98 Å². The molecule has 0 unspecified atom stereocenters. The lowest BCUT2D eigenvalue weighted by Crippen LogP contribution is -2.19. The predicted octanol–water partition coefficient (Wildman–Crippen LogP) is 4.99. The number of aromatic nitrogens is 1.